The molecule has 2 rings (SSSR count). The van der Waals surface area contributed by atoms with E-state index in [9.17, 15) is 4.39 Å². The van der Waals surface area contributed by atoms with Gasteiger partial charge < -0.3 is 11.1 Å². The molecule has 0 aromatic heterocycles. The molecule has 1 aliphatic rings. The van der Waals surface area contributed by atoms with E-state index in [4.69, 9.17) is 18.0 Å². The standard InChI is InChI=1S/C15H22FN3S/c1-11(19-7-3-2-4-8-19)10-18-14-6-5-12(15(17)20)9-13(14)16/h5-6,9,11,18H,2-4,7-8,10H2,1H3,(H2,17,20). The van der Waals surface area contributed by atoms with E-state index in [2.05, 4.69) is 17.1 Å². The number of likely N-dealkylation sites (tertiary alicyclic amines) is 1. The zero-order valence-electron chi connectivity index (χ0n) is 11.9. The first-order chi connectivity index (χ1) is 9.58. The van der Waals surface area contributed by atoms with E-state index in [0.717, 1.165) is 19.6 Å². The Kier molecular flexibility index (Phi) is 5.31. The van der Waals surface area contributed by atoms with Crippen LogP contribution in [0, 0.1) is 5.82 Å². The first kappa shape index (κ1) is 15.2. The van der Waals surface area contributed by atoms with Crippen molar-refractivity contribution in [1.29, 1.82) is 0 Å². The van der Waals surface area contributed by atoms with Gasteiger partial charge in [0, 0.05) is 18.2 Å². The molecular weight excluding hydrogens is 273 g/mol. The minimum Gasteiger partial charge on any atom is -0.389 e. The third-order valence-corrected chi connectivity index (χ3v) is 4.09. The molecule has 1 atom stereocenters. The van der Waals surface area contributed by atoms with Crippen molar-refractivity contribution in [2.45, 2.75) is 32.2 Å². The van der Waals surface area contributed by atoms with Gasteiger partial charge in [-0.1, -0.05) is 18.6 Å². The van der Waals surface area contributed by atoms with Crippen LogP contribution in [0.1, 0.15) is 31.7 Å². The van der Waals surface area contributed by atoms with Crippen molar-refractivity contribution < 1.29 is 4.39 Å². The fourth-order valence-electron chi connectivity index (χ4n) is 2.56. The van der Waals surface area contributed by atoms with E-state index in [1.165, 1.54) is 25.3 Å². The highest BCUT2D eigenvalue weighted by Crippen LogP contribution is 2.17. The number of hydrogen-bond donors (Lipinski definition) is 2. The molecule has 20 heavy (non-hydrogen) atoms. The molecule has 0 radical (unpaired) electrons. The number of thiocarbonyl (C=S) groups is 1. The Morgan fingerprint density at radius 3 is 2.70 bits per heavy atom. The number of halogens is 1. The molecule has 1 aliphatic heterocycles. The van der Waals surface area contributed by atoms with E-state index in [1.807, 2.05) is 0 Å². The van der Waals surface area contributed by atoms with Crippen molar-refractivity contribution in [2.24, 2.45) is 5.73 Å². The Balaban J connectivity index is 1.91. The molecule has 0 saturated carbocycles. The molecule has 3 nitrogen and oxygen atoms in total. The second kappa shape index (κ2) is 6.99. The SMILES string of the molecule is CC(CNc1ccc(C(N)=S)cc1F)N1CCCCC1. The van der Waals surface area contributed by atoms with Crippen LogP contribution in [0.4, 0.5) is 10.1 Å². The van der Waals surface area contributed by atoms with Gasteiger partial charge in [-0.05, 0) is 51.1 Å². The predicted octanol–water partition coefficient (Wildman–Crippen LogP) is 2.75. The third kappa shape index (κ3) is 3.90. The molecule has 1 saturated heterocycles. The van der Waals surface area contributed by atoms with Crippen LogP contribution in [-0.2, 0) is 0 Å². The monoisotopic (exact) mass is 295 g/mol. The molecule has 1 heterocycles. The summed E-state index contributed by atoms with van der Waals surface area (Å²) in [5, 5.41) is 3.18. The van der Waals surface area contributed by atoms with Gasteiger partial charge in [0.1, 0.15) is 10.8 Å². The van der Waals surface area contributed by atoms with E-state index in [0.29, 0.717) is 17.3 Å². The van der Waals surface area contributed by atoms with Crippen LogP contribution >= 0.6 is 12.2 Å². The van der Waals surface area contributed by atoms with Gasteiger partial charge in [0.2, 0.25) is 0 Å². The fourth-order valence-corrected chi connectivity index (χ4v) is 2.68. The lowest BCUT2D eigenvalue weighted by Crippen LogP contribution is -2.41. The van der Waals surface area contributed by atoms with Gasteiger partial charge in [-0.2, -0.15) is 0 Å². The lowest BCUT2D eigenvalue weighted by molar-refractivity contribution is 0.180. The molecule has 110 valence electrons. The summed E-state index contributed by atoms with van der Waals surface area (Å²) in [5.74, 6) is -0.304. The molecule has 0 bridgehead atoms. The van der Waals surface area contributed by atoms with Crippen molar-refractivity contribution in [2.75, 3.05) is 25.0 Å². The summed E-state index contributed by atoms with van der Waals surface area (Å²) in [5.41, 5.74) is 6.56. The first-order valence-corrected chi connectivity index (χ1v) is 7.56. The highest BCUT2D eigenvalue weighted by molar-refractivity contribution is 7.80. The third-order valence-electron chi connectivity index (χ3n) is 3.86. The Bertz CT molecular complexity index is 472. The van der Waals surface area contributed by atoms with Crippen LogP contribution in [0.2, 0.25) is 0 Å². The molecule has 0 spiro atoms. The minimum absolute atomic E-state index is 0.220. The van der Waals surface area contributed by atoms with Crippen molar-refractivity contribution in [1.82, 2.24) is 4.90 Å². The smallest absolute Gasteiger partial charge is 0.146 e. The second-order valence-corrected chi connectivity index (χ2v) is 5.83. The minimum atomic E-state index is -0.304. The van der Waals surface area contributed by atoms with Crippen LogP contribution < -0.4 is 11.1 Å². The average Bonchev–Trinajstić information content (AvgIpc) is 2.46. The van der Waals surface area contributed by atoms with E-state index in [1.54, 1.807) is 12.1 Å². The van der Waals surface area contributed by atoms with Crippen molar-refractivity contribution in [3.63, 3.8) is 0 Å². The molecule has 5 heteroatoms. The molecule has 0 amide bonds. The van der Waals surface area contributed by atoms with Gasteiger partial charge in [0.25, 0.3) is 0 Å². The van der Waals surface area contributed by atoms with E-state index in [-0.39, 0.29) is 10.8 Å². The van der Waals surface area contributed by atoms with Crippen molar-refractivity contribution >= 4 is 22.9 Å². The summed E-state index contributed by atoms with van der Waals surface area (Å²) < 4.78 is 13.9. The van der Waals surface area contributed by atoms with Crippen LogP contribution in [-0.4, -0.2) is 35.6 Å². The quantitative estimate of drug-likeness (QED) is 0.820. The Labute approximate surface area is 125 Å². The lowest BCUT2D eigenvalue weighted by Gasteiger charge is -2.32. The van der Waals surface area contributed by atoms with Crippen LogP contribution in [0.5, 0.6) is 0 Å². The molecule has 1 fully saturated rings. The summed E-state index contributed by atoms with van der Waals surface area (Å²) in [6, 6.07) is 5.24. The molecule has 0 aliphatic carbocycles. The number of piperidine rings is 1. The van der Waals surface area contributed by atoms with Crippen LogP contribution in [0.15, 0.2) is 18.2 Å². The number of rotatable bonds is 5. The molecule has 1 aromatic carbocycles. The van der Waals surface area contributed by atoms with Crippen LogP contribution in [0.25, 0.3) is 0 Å². The number of nitrogens with two attached hydrogens (primary N) is 1. The van der Waals surface area contributed by atoms with Crippen molar-refractivity contribution in [3.8, 4) is 0 Å². The first-order valence-electron chi connectivity index (χ1n) is 7.15. The highest BCUT2D eigenvalue weighted by Gasteiger charge is 2.16. The van der Waals surface area contributed by atoms with Crippen LogP contribution in [0.3, 0.4) is 0 Å². The maximum absolute atomic E-state index is 13.9. The van der Waals surface area contributed by atoms with E-state index >= 15 is 0 Å². The van der Waals surface area contributed by atoms with Gasteiger partial charge in [-0.25, -0.2) is 4.39 Å². The van der Waals surface area contributed by atoms with E-state index < -0.39 is 0 Å². The van der Waals surface area contributed by atoms with Gasteiger partial charge in [-0.15, -0.1) is 0 Å². The Hall–Kier alpha value is -1.20. The van der Waals surface area contributed by atoms with Gasteiger partial charge >= 0.3 is 0 Å². The number of anilines is 1. The largest absolute Gasteiger partial charge is 0.389 e. The number of nitrogens with one attached hydrogen (secondary N) is 1. The normalized spacial score (nSPS) is 17.7. The summed E-state index contributed by atoms with van der Waals surface area (Å²) in [6.07, 6.45) is 3.86. The fraction of sp³-hybridized carbons (Fsp3) is 0.533. The zero-order chi connectivity index (χ0) is 14.5. The average molecular weight is 295 g/mol. The number of nitrogens with zero attached hydrogens (tertiary/aromatic N) is 1. The topological polar surface area (TPSA) is 41.3 Å². The molecule has 1 aromatic rings. The molecule has 1 unspecified atom stereocenters. The van der Waals surface area contributed by atoms with Gasteiger partial charge in [0.15, 0.2) is 0 Å². The number of benzene rings is 1. The maximum Gasteiger partial charge on any atom is 0.146 e. The Morgan fingerprint density at radius 1 is 1.40 bits per heavy atom. The Morgan fingerprint density at radius 2 is 2.10 bits per heavy atom. The second-order valence-electron chi connectivity index (χ2n) is 5.39. The zero-order valence-corrected chi connectivity index (χ0v) is 12.7. The maximum atomic E-state index is 13.9. The highest BCUT2D eigenvalue weighted by atomic mass is 32.1. The van der Waals surface area contributed by atoms with Crippen molar-refractivity contribution in [3.05, 3.63) is 29.6 Å². The predicted molar refractivity (Wildman–Crippen MR) is 85.7 cm³/mol. The lowest BCUT2D eigenvalue weighted by atomic mass is 10.1. The number of hydrogen-bond acceptors (Lipinski definition) is 3. The summed E-state index contributed by atoms with van der Waals surface area (Å²) in [4.78, 5) is 2.68. The summed E-state index contributed by atoms with van der Waals surface area (Å²) in [7, 11) is 0. The van der Waals surface area contributed by atoms with Gasteiger partial charge in [0.05, 0.1) is 5.69 Å². The summed E-state index contributed by atoms with van der Waals surface area (Å²) in [6.45, 7) is 5.21. The molecule has 3 N–H and O–H groups in total. The summed E-state index contributed by atoms with van der Waals surface area (Å²) >= 11 is 4.84. The molecular formula is C15H22FN3S. The van der Waals surface area contributed by atoms with Gasteiger partial charge in [-0.3, -0.25) is 4.90 Å².